The van der Waals surface area contributed by atoms with Gasteiger partial charge < -0.3 is 10.5 Å². The molecule has 5 nitrogen and oxygen atoms in total. The van der Waals surface area contributed by atoms with Crippen LogP contribution in [0.3, 0.4) is 0 Å². The van der Waals surface area contributed by atoms with Crippen molar-refractivity contribution in [1.82, 2.24) is 14.7 Å². The largest absolute Gasteiger partial charge is 0.383 e. The minimum Gasteiger partial charge on any atom is -0.383 e. The number of methoxy groups -OCH3 is 1. The average Bonchev–Trinajstić information content (AvgIpc) is 2.61. The normalized spacial score (nSPS) is 15.4. The fourth-order valence-corrected chi connectivity index (χ4v) is 1.93. The van der Waals surface area contributed by atoms with Crippen molar-refractivity contribution < 1.29 is 4.74 Å². The van der Waals surface area contributed by atoms with E-state index in [1.807, 2.05) is 26.4 Å². The lowest BCUT2D eigenvalue weighted by molar-refractivity contribution is 0.131. The van der Waals surface area contributed by atoms with E-state index in [9.17, 15) is 0 Å². The van der Waals surface area contributed by atoms with E-state index in [-0.39, 0.29) is 12.1 Å². The van der Waals surface area contributed by atoms with Gasteiger partial charge in [0.05, 0.1) is 18.8 Å². The van der Waals surface area contributed by atoms with Gasteiger partial charge in [-0.15, -0.1) is 0 Å². The van der Waals surface area contributed by atoms with Crippen LogP contribution in [0.2, 0.25) is 0 Å². The van der Waals surface area contributed by atoms with Crippen molar-refractivity contribution in [1.29, 1.82) is 0 Å². The number of nitrogens with two attached hydrogens (primary N) is 1. The molecule has 0 saturated heterocycles. The van der Waals surface area contributed by atoms with Gasteiger partial charge in [-0.25, -0.2) is 0 Å². The second-order valence-corrected chi connectivity index (χ2v) is 4.22. The zero-order valence-corrected chi connectivity index (χ0v) is 10.6. The molecule has 92 valence electrons. The predicted octanol–water partition coefficient (Wildman–Crippen LogP) is 0.387. The van der Waals surface area contributed by atoms with E-state index in [4.69, 9.17) is 10.5 Å². The van der Waals surface area contributed by atoms with E-state index < -0.39 is 0 Å². The maximum absolute atomic E-state index is 6.03. The van der Waals surface area contributed by atoms with Gasteiger partial charge in [0, 0.05) is 38.5 Å². The number of ether oxygens (including phenoxy) is 1. The van der Waals surface area contributed by atoms with E-state index in [0.29, 0.717) is 6.61 Å². The molecule has 1 aromatic rings. The Kier molecular flexibility index (Phi) is 4.92. The van der Waals surface area contributed by atoms with Crippen LogP contribution < -0.4 is 5.73 Å². The van der Waals surface area contributed by atoms with Gasteiger partial charge in [0.15, 0.2) is 0 Å². The van der Waals surface area contributed by atoms with Crippen LogP contribution in [-0.4, -0.2) is 48.0 Å². The van der Waals surface area contributed by atoms with Gasteiger partial charge in [0.1, 0.15) is 0 Å². The van der Waals surface area contributed by atoms with Crippen LogP contribution >= 0.6 is 0 Å². The third kappa shape index (κ3) is 3.30. The van der Waals surface area contributed by atoms with Gasteiger partial charge in [-0.05, 0) is 14.0 Å². The third-order valence-electron chi connectivity index (χ3n) is 2.69. The summed E-state index contributed by atoms with van der Waals surface area (Å²) in [6.45, 7) is 3.58. The Morgan fingerprint density at radius 3 is 2.75 bits per heavy atom. The van der Waals surface area contributed by atoms with Crippen LogP contribution in [-0.2, 0) is 11.8 Å². The molecule has 0 aliphatic carbocycles. The monoisotopic (exact) mass is 226 g/mol. The molecular formula is C11H22N4O. The number of rotatable bonds is 6. The van der Waals surface area contributed by atoms with Gasteiger partial charge in [0.25, 0.3) is 0 Å². The highest BCUT2D eigenvalue weighted by molar-refractivity contribution is 5.12. The zero-order valence-electron chi connectivity index (χ0n) is 10.6. The van der Waals surface area contributed by atoms with Crippen LogP contribution in [0.4, 0.5) is 0 Å². The highest BCUT2D eigenvalue weighted by atomic mass is 16.5. The quantitative estimate of drug-likeness (QED) is 0.762. The Labute approximate surface area is 97.2 Å². The summed E-state index contributed by atoms with van der Waals surface area (Å²) in [5.74, 6) is 0. The highest BCUT2D eigenvalue weighted by Crippen LogP contribution is 2.21. The molecule has 1 rings (SSSR count). The van der Waals surface area contributed by atoms with Crippen molar-refractivity contribution in [3.05, 3.63) is 18.0 Å². The first-order valence-corrected chi connectivity index (χ1v) is 5.49. The zero-order chi connectivity index (χ0) is 12.1. The van der Waals surface area contributed by atoms with Gasteiger partial charge in [-0.1, -0.05) is 0 Å². The van der Waals surface area contributed by atoms with Crippen LogP contribution in [0.1, 0.15) is 18.5 Å². The standard InChI is InChI=1S/C11H22N4O/c1-9(12)11(14(2)5-6-16-4)10-7-13-15(3)8-10/h7-9,11H,5-6,12H2,1-4H3. The second kappa shape index (κ2) is 5.98. The van der Waals surface area contributed by atoms with Crippen molar-refractivity contribution in [2.24, 2.45) is 12.8 Å². The molecule has 0 bridgehead atoms. The molecule has 1 heterocycles. The molecule has 0 fully saturated rings. The van der Waals surface area contributed by atoms with Crippen LogP contribution in [0.15, 0.2) is 12.4 Å². The van der Waals surface area contributed by atoms with Crippen LogP contribution in [0.5, 0.6) is 0 Å². The fourth-order valence-electron chi connectivity index (χ4n) is 1.93. The predicted molar refractivity (Wildman–Crippen MR) is 64.1 cm³/mol. The molecular weight excluding hydrogens is 204 g/mol. The van der Waals surface area contributed by atoms with Crippen LogP contribution in [0.25, 0.3) is 0 Å². The first kappa shape index (κ1) is 13.2. The Hall–Kier alpha value is -0.910. The smallest absolute Gasteiger partial charge is 0.0589 e. The molecule has 0 spiro atoms. The number of hydrogen-bond donors (Lipinski definition) is 1. The van der Waals surface area contributed by atoms with Gasteiger partial charge in [-0.2, -0.15) is 5.10 Å². The molecule has 0 amide bonds. The van der Waals surface area contributed by atoms with Gasteiger partial charge in [0.2, 0.25) is 0 Å². The van der Waals surface area contributed by atoms with Crippen molar-refractivity contribution in [3.63, 3.8) is 0 Å². The average molecular weight is 226 g/mol. The molecule has 0 aromatic carbocycles. The van der Waals surface area contributed by atoms with Crippen molar-refractivity contribution >= 4 is 0 Å². The summed E-state index contributed by atoms with van der Waals surface area (Å²) in [6, 6.07) is 0.245. The summed E-state index contributed by atoms with van der Waals surface area (Å²) in [4.78, 5) is 2.20. The summed E-state index contributed by atoms with van der Waals surface area (Å²) in [5.41, 5.74) is 7.18. The van der Waals surface area contributed by atoms with Gasteiger partial charge in [-0.3, -0.25) is 9.58 Å². The Bertz CT molecular complexity index is 311. The third-order valence-corrected chi connectivity index (χ3v) is 2.69. The molecule has 0 saturated carbocycles. The van der Waals surface area contributed by atoms with E-state index >= 15 is 0 Å². The van der Waals surface area contributed by atoms with Gasteiger partial charge >= 0.3 is 0 Å². The molecule has 0 aliphatic rings. The first-order chi connectivity index (χ1) is 7.56. The van der Waals surface area contributed by atoms with E-state index in [1.165, 1.54) is 0 Å². The van der Waals surface area contributed by atoms with E-state index in [1.54, 1.807) is 11.8 Å². The number of aromatic nitrogens is 2. The molecule has 0 radical (unpaired) electrons. The van der Waals surface area contributed by atoms with Crippen LogP contribution in [0, 0.1) is 0 Å². The SMILES string of the molecule is COCCN(C)C(c1cnn(C)c1)C(C)N. The van der Waals surface area contributed by atoms with Crippen molar-refractivity contribution in [3.8, 4) is 0 Å². The molecule has 1 aromatic heterocycles. The Morgan fingerprint density at radius 1 is 1.62 bits per heavy atom. The summed E-state index contributed by atoms with van der Waals surface area (Å²) < 4.78 is 6.88. The van der Waals surface area contributed by atoms with E-state index in [2.05, 4.69) is 17.0 Å². The number of likely N-dealkylation sites (N-methyl/N-ethyl adjacent to an activating group) is 1. The molecule has 16 heavy (non-hydrogen) atoms. The second-order valence-electron chi connectivity index (χ2n) is 4.22. The van der Waals surface area contributed by atoms with Crippen molar-refractivity contribution in [2.75, 3.05) is 27.3 Å². The molecule has 5 heteroatoms. The lowest BCUT2D eigenvalue weighted by atomic mass is 10.0. The maximum atomic E-state index is 6.03. The molecule has 0 aliphatic heterocycles. The molecule has 2 N–H and O–H groups in total. The lowest BCUT2D eigenvalue weighted by Crippen LogP contribution is -2.38. The summed E-state index contributed by atoms with van der Waals surface area (Å²) in [7, 11) is 5.68. The summed E-state index contributed by atoms with van der Waals surface area (Å²) >= 11 is 0. The summed E-state index contributed by atoms with van der Waals surface area (Å²) in [6.07, 6.45) is 3.88. The Balaban J connectivity index is 2.74. The summed E-state index contributed by atoms with van der Waals surface area (Å²) in [5, 5.41) is 4.19. The Morgan fingerprint density at radius 2 is 2.31 bits per heavy atom. The number of hydrogen-bond acceptors (Lipinski definition) is 4. The highest BCUT2D eigenvalue weighted by Gasteiger charge is 2.22. The number of aryl methyl sites for hydroxylation is 1. The maximum Gasteiger partial charge on any atom is 0.0589 e. The molecule has 2 unspecified atom stereocenters. The van der Waals surface area contributed by atoms with Crippen molar-refractivity contribution in [2.45, 2.75) is 19.0 Å². The minimum atomic E-state index is 0.0612. The first-order valence-electron chi connectivity index (χ1n) is 5.49. The fraction of sp³-hybridized carbons (Fsp3) is 0.727. The van der Waals surface area contributed by atoms with E-state index in [0.717, 1.165) is 12.1 Å². The lowest BCUT2D eigenvalue weighted by Gasteiger charge is -2.30. The number of nitrogens with zero attached hydrogens (tertiary/aromatic N) is 3. The molecule has 2 atom stereocenters. The minimum absolute atomic E-state index is 0.0612. The topological polar surface area (TPSA) is 56.3 Å².